The molecule has 10 heteroatoms. The van der Waals surface area contributed by atoms with E-state index in [2.05, 4.69) is 20.7 Å². The van der Waals surface area contributed by atoms with Crippen molar-refractivity contribution in [3.63, 3.8) is 0 Å². The Labute approximate surface area is 151 Å². The minimum Gasteiger partial charge on any atom is -0.371 e. The molecule has 0 aliphatic heterocycles. The zero-order valence-electron chi connectivity index (χ0n) is 15.2. The number of benzene rings is 1. The predicted molar refractivity (Wildman–Crippen MR) is 97.0 cm³/mol. The molecule has 0 radical (unpaired) electrons. The topological polar surface area (TPSA) is 137 Å². The number of hydrogen-bond acceptors (Lipinski definition) is 8. The van der Waals surface area contributed by atoms with Gasteiger partial charge in [-0.25, -0.2) is 0 Å². The summed E-state index contributed by atoms with van der Waals surface area (Å²) in [6, 6.07) is 3.06. The van der Waals surface area contributed by atoms with Gasteiger partial charge < -0.3 is 5.32 Å². The van der Waals surface area contributed by atoms with Crippen LogP contribution in [0, 0.1) is 34.1 Å². The fourth-order valence-electron chi connectivity index (χ4n) is 2.30. The second-order valence-electron chi connectivity index (χ2n) is 5.54. The Morgan fingerprint density at radius 3 is 2.00 bits per heavy atom. The van der Waals surface area contributed by atoms with E-state index in [4.69, 9.17) is 0 Å². The number of hydrogen-bond donors (Lipinski definition) is 1. The molecule has 1 heterocycles. The number of nitro groups is 2. The van der Waals surface area contributed by atoms with E-state index >= 15 is 0 Å². The van der Waals surface area contributed by atoms with Crippen LogP contribution in [0.25, 0.3) is 0 Å². The van der Waals surface area contributed by atoms with Gasteiger partial charge in [-0.1, -0.05) is 13.8 Å². The fraction of sp³-hybridized carbons (Fsp3) is 0.438. The van der Waals surface area contributed by atoms with Crippen molar-refractivity contribution in [1.29, 1.82) is 0 Å². The highest BCUT2D eigenvalue weighted by molar-refractivity contribution is 5.78. The number of rotatable bonds is 6. The van der Waals surface area contributed by atoms with Gasteiger partial charge in [0, 0.05) is 17.7 Å². The van der Waals surface area contributed by atoms with Crippen molar-refractivity contribution < 1.29 is 9.85 Å². The normalized spacial score (nSPS) is 10.0. The third-order valence-electron chi connectivity index (χ3n) is 3.91. The number of anilines is 1. The molecule has 0 fully saturated rings. The molecule has 0 saturated heterocycles. The standard InChI is InChI=1S/C13H19N3O4.C3H3N3/c1-5-10(6-2)14-12-11(15(17)18)7-8(3)9(4)13(12)16(19)20;1-2-4-6-5-3-1/h7,10,14H,5-6H2,1-4H3;1-3H. The van der Waals surface area contributed by atoms with Crippen LogP contribution in [-0.4, -0.2) is 31.3 Å². The molecular weight excluding hydrogens is 340 g/mol. The van der Waals surface area contributed by atoms with Crippen LogP contribution in [0.1, 0.15) is 37.8 Å². The van der Waals surface area contributed by atoms with Crippen molar-refractivity contribution in [3.8, 4) is 0 Å². The van der Waals surface area contributed by atoms with Gasteiger partial charge in [-0.05, 0) is 43.5 Å². The first kappa shape index (κ1) is 20.9. The molecule has 26 heavy (non-hydrogen) atoms. The molecular formula is C16H22N6O4. The van der Waals surface area contributed by atoms with Crippen LogP contribution in [0.3, 0.4) is 0 Å². The van der Waals surface area contributed by atoms with E-state index in [-0.39, 0.29) is 23.1 Å². The van der Waals surface area contributed by atoms with Gasteiger partial charge in [0.1, 0.15) is 0 Å². The Morgan fingerprint density at radius 2 is 1.65 bits per heavy atom. The molecule has 2 aromatic rings. The van der Waals surface area contributed by atoms with Crippen LogP contribution in [0.5, 0.6) is 0 Å². The Bertz CT molecular complexity index is 723. The third-order valence-corrected chi connectivity index (χ3v) is 3.91. The van der Waals surface area contributed by atoms with Gasteiger partial charge in [-0.2, -0.15) is 0 Å². The lowest BCUT2D eigenvalue weighted by Crippen LogP contribution is -2.19. The maximum atomic E-state index is 11.3. The molecule has 0 bridgehead atoms. The Balaban J connectivity index is 0.000000472. The summed E-state index contributed by atoms with van der Waals surface area (Å²) >= 11 is 0. The summed E-state index contributed by atoms with van der Waals surface area (Å²) in [4.78, 5) is 21.3. The molecule has 1 N–H and O–H groups in total. The summed E-state index contributed by atoms with van der Waals surface area (Å²) in [5.74, 6) is 0. The number of aromatic nitrogens is 3. The van der Waals surface area contributed by atoms with Gasteiger partial charge in [0.05, 0.1) is 22.2 Å². The van der Waals surface area contributed by atoms with Gasteiger partial charge in [0.25, 0.3) is 5.69 Å². The molecule has 1 aromatic heterocycles. The summed E-state index contributed by atoms with van der Waals surface area (Å²) in [6.07, 6.45) is 4.62. The molecule has 0 aliphatic rings. The van der Waals surface area contributed by atoms with Crippen molar-refractivity contribution in [2.75, 3.05) is 5.32 Å². The van der Waals surface area contributed by atoms with E-state index in [0.29, 0.717) is 11.1 Å². The van der Waals surface area contributed by atoms with Crippen LogP contribution in [-0.2, 0) is 0 Å². The molecule has 0 atom stereocenters. The number of nitrogens with one attached hydrogen (secondary N) is 1. The van der Waals surface area contributed by atoms with E-state index in [1.165, 1.54) is 6.07 Å². The lowest BCUT2D eigenvalue weighted by atomic mass is 10.0. The average molecular weight is 362 g/mol. The summed E-state index contributed by atoms with van der Waals surface area (Å²) < 4.78 is 0. The molecule has 0 spiro atoms. The maximum absolute atomic E-state index is 11.3. The molecule has 0 amide bonds. The molecule has 0 unspecified atom stereocenters. The van der Waals surface area contributed by atoms with Crippen LogP contribution in [0.4, 0.5) is 17.1 Å². The highest BCUT2D eigenvalue weighted by Crippen LogP contribution is 2.39. The van der Waals surface area contributed by atoms with Crippen LogP contribution >= 0.6 is 0 Å². The first-order chi connectivity index (χ1) is 12.3. The van der Waals surface area contributed by atoms with Crippen LogP contribution < -0.4 is 5.32 Å². The van der Waals surface area contributed by atoms with Gasteiger partial charge in [0.15, 0.2) is 5.69 Å². The van der Waals surface area contributed by atoms with Gasteiger partial charge in [-0.3, -0.25) is 20.2 Å². The van der Waals surface area contributed by atoms with E-state index in [0.717, 1.165) is 12.8 Å². The van der Waals surface area contributed by atoms with E-state index in [9.17, 15) is 20.2 Å². The number of nitrogens with zero attached hydrogens (tertiary/aromatic N) is 5. The Kier molecular flexibility index (Phi) is 8.00. The Hall–Kier alpha value is -3.17. The summed E-state index contributed by atoms with van der Waals surface area (Å²) in [7, 11) is 0. The third kappa shape index (κ3) is 5.43. The van der Waals surface area contributed by atoms with Gasteiger partial charge >= 0.3 is 5.69 Å². The number of nitro benzene ring substituents is 2. The fourth-order valence-corrected chi connectivity index (χ4v) is 2.30. The zero-order chi connectivity index (χ0) is 19.7. The summed E-state index contributed by atoms with van der Waals surface area (Å²) in [5, 5.41) is 35.5. The second-order valence-corrected chi connectivity index (χ2v) is 5.54. The number of aryl methyl sites for hydroxylation is 1. The minimum absolute atomic E-state index is 0.0109. The largest absolute Gasteiger partial charge is 0.371 e. The van der Waals surface area contributed by atoms with Crippen LogP contribution in [0.2, 0.25) is 0 Å². The zero-order valence-corrected chi connectivity index (χ0v) is 15.2. The summed E-state index contributed by atoms with van der Waals surface area (Å²) in [5.41, 5.74) is 0.555. The van der Waals surface area contributed by atoms with Crippen molar-refractivity contribution in [3.05, 3.63) is 55.9 Å². The lowest BCUT2D eigenvalue weighted by molar-refractivity contribution is -0.392. The average Bonchev–Trinajstić information content (AvgIpc) is 2.63. The summed E-state index contributed by atoms with van der Waals surface area (Å²) in [6.45, 7) is 7.10. The van der Waals surface area contributed by atoms with Crippen molar-refractivity contribution in [2.24, 2.45) is 0 Å². The van der Waals surface area contributed by atoms with Crippen LogP contribution in [0.15, 0.2) is 24.5 Å². The highest BCUT2D eigenvalue weighted by atomic mass is 16.6. The SMILES string of the molecule is CCC(CC)Nc1c([N+](=O)[O-])cc(C)c(C)c1[N+](=O)[O-].c1cnnnc1. The van der Waals surface area contributed by atoms with E-state index in [1.54, 1.807) is 32.3 Å². The van der Waals surface area contributed by atoms with E-state index in [1.807, 2.05) is 13.8 Å². The van der Waals surface area contributed by atoms with Gasteiger partial charge in [-0.15, -0.1) is 10.2 Å². The molecule has 2 rings (SSSR count). The molecule has 1 aromatic carbocycles. The smallest absolute Gasteiger partial charge is 0.302 e. The predicted octanol–water partition coefficient (Wildman–Crippen LogP) is 3.59. The first-order valence-electron chi connectivity index (χ1n) is 8.11. The quantitative estimate of drug-likeness (QED) is 0.608. The molecule has 10 nitrogen and oxygen atoms in total. The monoisotopic (exact) mass is 362 g/mol. The van der Waals surface area contributed by atoms with E-state index < -0.39 is 9.85 Å². The van der Waals surface area contributed by atoms with Gasteiger partial charge in [0.2, 0.25) is 0 Å². The Morgan fingerprint density at radius 1 is 1.08 bits per heavy atom. The molecule has 0 aliphatic carbocycles. The highest BCUT2D eigenvalue weighted by Gasteiger charge is 2.30. The molecule has 0 saturated carbocycles. The minimum atomic E-state index is -0.579. The molecule has 140 valence electrons. The van der Waals surface area contributed by atoms with Crippen molar-refractivity contribution >= 4 is 17.1 Å². The first-order valence-corrected chi connectivity index (χ1v) is 8.11. The van der Waals surface area contributed by atoms with Crippen molar-refractivity contribution in [2.45, 2.75) is 46.6 Å². The maximum Gasteiger partial charge on any atom is 0.302 e. The lowest BCUT2D eigenvalue weighted by Gasteiger charge is -2.17. The van der Waals surface area contributed by atoms with Crippen molar-refractivity contribution in [1.82, 2.24) is 15.4 Å². The second kappa shape index (κ2) is 9.97.